The topological polar surface area (TPSA) is 104 Å². The third-order valence-electron chi connectivity index (χ3n) is 9.36. The molecular formula is C40H47Cl3N2O6. The molecule has 5 rings (SSSR count). The van der Waals surface area contributed by atoms with E-state index in [4.69, 9.17) is 49.0 Å². The highest BCUT2D eigenvalue weighted by Gasteiger charge is 2.23. The second-order valence-corrected chi connectivity index (χ2v) is 14.7. The van der Waals surface area contributed by atoms with Crippen molar-refractivity contribution >= 4 is 34.8 Å². The average molecular weight is 758 g/mol. The summed E-state index contributed by atoms with van der Waals surface area (Å²) < 4.78 is 18.8. The van der Waals surface area contributed by atoms with Gasteiger partial charge in [0.05, 0.1) is 36.5 Å². The Morgan fingerprint density at radius 2 is 1.49 bits per heavy atom. The summed E-state index contributed by atoms with van der Waals surface area (Å²) in [6.07, 6.45) is 1.53. The first-order chi connectivity index (χ1) is 24.5. The van der Waals surface area contributed by atoms with E-state index in [0.717, 1.165) is 77.2 Å². The van der Waals surface area contributed by atoms with Crippen LogP contribution in [0.2, 0.25) is 15.1 Å². The summed E-state index contributed by atoms with van der Waals surface area (Å²) in [5.74, 6) is 1.83. The van der Waals surface area contributed by atoms with Gasteiger partial charge in [0.1, 0.15) is 30.5 Å². The predicted octanol–water partition coefficient (Wildman–Crippen LogP) is 7.76. The monoisotopic (exact) mass is 756 g/mol. The Balaban J connectivity index is 1.31. The zero-order valence-corrected chi connectivity index (χ0v) is 31.6. The van der Waals surface area contributed by atoms with Crippen LogP contribution in [0.4, 0.5) is 0 Å². The van der Waals surface area contributed by atoms with Crippen LogP contribution in [-0.4, -0.2) is 71.3 Å². The SMILES string of the molecule is Cc1c(COc2cc(OCc3cc(Cl)cc(Cl)c3)c(CNC(C)(CO)CO)cc2Cl)cccc1-c1cccc(OCCCN2CCC(O)C2)c1C. The number of hydrogen-bond donors (Lipinski definition) is 4. The quantitative estimate of drug-likeness (QED) is 0.0812. The number of rotatable bonds is 17. The first kappa shape index (κ1) is 39.2. The smallest absolute Gasteiger partial charge is 0.142 e. The molecule has 0 aromatic heterocycles. The number of benzene rings is 4. The van der Waals surface area contributed by atoms with Gasteiger partial charge in [-0.05, 0) is 97.3 Å². The van der Waals surface area contributed by atoms with Gasteiger partial charge >= 0.3 is 0 Å². The maximum absolute atomic E-state index is 9.80. The molecule has 11 heteroatoms. The molecule has 1 unspecified atom stereocenters. The van der Waals surface area contributed by atoms with E-state index >= 15 is 0 Å². The van der Waals surface area contributed by atoms with Crippen molar-refractivity contribution in [2.75, 3.05) is 39.5 Å². The summed E-state index contributed by atoms with van der Waals surface area (Å²) in [5, 5.41) is 34.0. The molecule has 0 spiro atoms. The van der Waals surface area contributed by atoms with Crippen molar-refractivity contribution in [3.05, 3.63) is 110 Å². The number of aliphatic hydroxyl groups is 3. The largest absolute Gasteiger partial charge is 0.493 e. The predicted molar refractivity (Wildman–Crippen MR) is 205 cm³/mol. The molecule has 0 bridgehead atoms. The Hall–Kier alpha value is -3.05. The van der Waals surface area contributed by atoms with E-state index in [-0.39, 0.29) is 39.1 Å². The third kappa shape index (κ3) is 10.5. The Morgan fingerprint density at radius 1 is 0.804 bits per heavy atom. The Morgan fingerprint density at radius 3 is 2.18 bits per heavy atom. The number of likely N-dealkylation sites (tertiary alicyclic amines) is 1. The summed E-state index contributed by atoms with van der Waals surface area (Å²) in [7, 11) is 0. The van der Waals surface area contributed by atoms with Gasteiger partial charge in [0.15, 0.2) is 0 Å². The van der Waals surface area contributed by atoms with E-state index in [1.54, 1.807) is 37.3 Å². The fourth-order valence-corrected chi connectivity index (χ4v) is 6.93. The zero-order valence-electron chi connectivity index (χ0n) is 29.4. The number of halogens is 3. The van der Waals surface area contributed by atoms with Crippen molar-refractivity contribution in [3.8, 4) is 28.4 Å². The summed E-state index contributed by atoms with van der Waals surface area (Å²) >= 11 is 19.2. The van der Waals surface area contributed by atoms with Gasteiger partial charge in [0.25, 0.3) is 0 Å². The highest BCUT2D eigenvalue weighted by molar-refractivity contribution is 6.34. The highest BCUT2D eigenvalue weighted by atomic mass is 35.5. The molecule has 0 aliphatic carbocycles. The van der Waals surface area contributed by atoms with Crippen LogP contribution in [0, 0.1) is 13.8 Å². The average Bonchev–Trinajstić information content (AvgIpc) is 3.53. The molecule has 0 radical (unpaired) electrons. The second-order valence-electron chi connectivity index (χ2n) is 13.4. The van der Waals surface area contributed by atoms with Gasteiger partial charge in [0, 0.05) is 47.9 Å². The number of nitrogens with one attached hydrogen (secondary N) is 1. The maximum Gasteiger partial charge on any atom is 0.142 e. The lowest BCUT2D eigenvalue weighted by Crippen LogP contribution is -2.48. The zero-order chi connectivity index (χ0) is 36.5. The standard InChI is InChI=1S/C40H47Cl3N2O6/c1-26-29(7-4-8-34(26)35-9-5-10-37(27(35)2)49-14-6-12-45-13-11-33(48)21-45)23-51-39-19-38(50-22-28-15-31(41)18-32(42)16-28)30(17-36(39)43)20-44-40(3,24-46)25-47/h4-5,7-10,15-19,33,44,46-48H,6,11-14,20-25H2,1-3H3. The van der Waals surface area contributed by atoms with E-state index in [1.165, 1.54) is 0 Å². The van der Waals surface area contributed by atoms with E-state index in [0.29, 0.717) is 33.2 Å². The van der Waals surface area contributed by atoms with Gasteiger partial charge in [-0.25, -0.2) is 0 Å². The number of β-amino-alcohol motifs (C(OH)–C–C–N with tert-alkyl or cyclic N) is 1. The van der Waals surface area contributed by atoms with Gasteiger partial charge in [-0.3, -0.25) is 0 Å². The lowest BCUT2D eigenvalue weighted by atomic mass is 9.93. The van der Waals surface area contributed by atoms with Crippen LogP contribution in [0.15, 0.2) is 66.7 Å². The molecule has 4 aromatic carbocycles. The molecule has 1 heterocycles. The van der Waals surface area contributed by atoms with Crippen LogP contribution >= 0.6 is 34.8 Å². The van der Waals surface area contributed by atoms with Crippen molar-refractivity contribution < 1.29 is 29.5 Å². The van der Waals surface area contributed by atoms with Crippen molar-refractivity contribution in [2.45, 2.75) is 65.0 Å². The van der Waals surface area contributed by atoms with E-state index in [1.807, 2.05) is 24.3 Å². The van der Waals surface area contributed by atoms with Crippen LogP contribution in [0.1, 0.15) is 47.6 Å². The minimum absolute atomic E-state index is 0.192. The number of ether oxygens (including phenoxy) is 3. The van der Waals surface area contributed by atoms with Crippen LogP contribution < -0.4 is 19.5 Å². The molecular weight excluding hydrogens is 711 g/mol. The van der Waals surface area contributed by atoms with Crippen LogP contribution in [-0.2, 0) is 19.8 Å². The summed E-state index contributed by atoms with van der Waals surface area (Å²) in [6, 6.07) is 21.1. The third-order valence-corrected chi connectivity index (χ3v) is 10.1. The number of aliphatic hydroxyl groups excluding tert-OH is 3. The summed E-state index contributed by atoms with van der Waals surface area (Å²) in [6.45, 7) is 9.34. The Labute approximate surface area is 315 Å². The Kier molecular flexibility index (Phi) is 13.9. The summed E-state index contributed by atoms with van der Waals surface area (Å²) in [5.41, 5.74) is 5.97. The van der Waals surface area contributed by atoms with Gasteiger partial charge in [-0.15, -0.1) is 0 Å². The molecule has 0 saturated carbocycles. The molecule has 51 heavy (non-hydrogen) atoms. The molecule has 274 valence electrons. The molecule has 4 N–H and O–H groups in total. The number of nitrogens with zero attached hydrogens (tertiary/aromatic N) is 1. The van der Waals surface area contributed by atoms with Gasteiger partial charge < -0.3 is 39.7 Å². The van der Waals surface area contributed by atoms with E-state index < -0.39 is 5.54 Å². The van der Waals surface area contributed by atoms with Gasteiger partial charge in [-0.1, -0.05) is 65.1 Å². The van der Waals surface area contributed by atoms with Crippen LogP contribution in [0.3, 0.4) is 0 Å². The number of hydrogen-bond acceptors (Lipinski definition) is 8. The fourth-order valence-electron chi connectivity index (χ4n) is 6.12. The normalized spacial score (nSPS) is 15.0. The minimum Gasteiger partial charge on any atom is -0.493 e. The minimum atomic E-state index is -0.898. The molecule has 1 aliphatic heterocycles. The second kappa shape index (κ2) is 18.1. The molecule has 8 nitrogen and oxygen atoms in total. The van der Waals surface area contributed by atoms with E-state index in [2.05, 4.69) is 36.2 Å². The first-order valence-corrected chi connectivity index (χ1v) is 18.3. The van der Waals surface area contributed by atoms with Crippen LogP contribution in [0.5, 0.6) is 17.2 Å². The van der Waals surface area contributed by atoms with Crippen molar-refractivity contribution in [3.63, 3.8) is 0 Å². The lowest BCUT2D eigenvalue weighted by molar-refractivity contribution is 0.103. The lowest BCUT2D eigenvalue weighted by Gasteiger charge is -2.27. The van der Waals surface area contributed by atoms with Crippen LogP contribution in [0.25, 0.3) is 11.1 Å². The fraction of sp³-hybridized carbons (Fsp3) is 0.400. The Bertz CT molecular complexity index is 1760. The van der Waals surface area contributed by atoms with Gasteiger partial charge in [-0.2, -0.15) is 0 Å². The molecule has 1 saturated heterocycles. The van der Waals surface area contributed by atoms with Gasteiger partial charge in [0.2, 0.25) is 0 Å². The van der Waals surface area contributed by atoms with Crippen molar-refractivity contribution in [1.82, 2.24) is 10.2 Å². The first-order valence-electron chi connectivity index (χ1n) is 17.2. The molecule has 1 fully saturated rings. The maximum atomic E-state index is 9.80. The van der Waals surface area contributed by atoms with Crippen molar-refractivity contribution in [1.29, 1.82) is 0 Å². The van der Waals surface area contributed by atoms with Crippen molar-refractivity contribution in [2.24, 2.45) is 0 Å². The molecule has 1 aliphatic rings. The molecule has 4 aromatic rings. The molecule has 1 atom stereocenters. The highest BCUT2D eigenvalue weighted by Crippen LogP contribution is 2.37. The molecule has 0 amide bonds. The summed E-state index contributed by atoms with van der Waals surface area (Å²) in [4.78, 5) is 2.28. The van der Waals surface area contributed by atoms with E-state index in [9.17, 15) is 15.3 Å².